The van der Waals surface area contributed by atoms with Crippen molar-refractivity contribution in [2.24, 2.45) is 0 Å². The highest BCUT2D eigenvalue weighted by Crippen LogP contribution is 2.42. The van der Waals surface area contributed by atoms with Gasteiger partial charge in [-0.1, -0.05) is 27.5 Å². The van der Waals surface area contributed by atoms with Crippen LogP contribution in [-0.4, -0.2) is 28.1 Å². The van der Waals surface area contributed by atoms with Crippen molar-refractivity contribution < 1.29 is 4.74 Å². The second kappa shape index (κ2) is 6.71. The molecule has 0 N–H and O–H groups in total. The molecule has 0 amide bonds. The Morgan fingerprint density at radius 2 is 1.84 bits per heavy atom. The first kappa shape index (κ1) is 18.9. The lowest BCUT2D eigenvalue weighted by Crippen LogP contribution is -2.57. The third-order valence-electron chi connectivity index (χ3n) is 5.49. The van der Waals surface area contributed by atoms with E-state index in [9.17, 15) is 0 Å². The van der Waals surface area contributed by atoms with Gasteiger partial charge in [0.15, 0.2) is 0 Å². The van der Waals surface area contributed by atoms with Crippen LogP contribution >= 0.6 is 27.5 Å². The maximum Gasteiger partial charge on any atom is 0.219 e. The normalized spacial score (nSPS) is 20.0. The average Bonchev–Trinajstić information content (AvgIpc) is 2.52. The van der Waals surface area contributed by atoms with Crippen LogP contribution < -0.4 is 4.74 Å². The number of ether oxygens (including phenoxy) is 1. The van der Waals surface area contributed by atoms with Crippen LogP contribution in [-0.2, 0) is 6.54 Å². The van der Waals surface area contributed by atoms with Crippen LogP contribution in [0.15, 0.2) is 22.7 Å². The number of piperidine rings is 1. The number of halogens is 2. The van der Waals surface area contributed by atoms with Gasteiger partial charge in [-0.2, -0.15) is 0 Å². The number of fused-ring (bicyclic) bond motifs is 1. The molecule has 1 aromatic carbocycles. The molecule has 0 spiro atoms. The van der Waals surface area contributed by atoms with E-state index in [1.165, 1.54) is 19.3 Å². The van der Waals surface area contributed by atoms with Gasteiger partial charge in [0.2, 0.25) is 5.88 Å². The first-order valence-electron chi connectivity index (χ1n) is 8.75. The molecule has 1 aliphatic rings. The highest BCUT2D eigenvalue weighted by Gasteiger charge is 2.41. The monoisotopic (exact) mass is 424 g/mol. The quantitative estimate of drug-likeness (QED) is 0.585. The molecule has 0 atom stereocenters. The molecule has 1 aromatic heterocycles. The van der Waals surface area contributed by atoms with E-state index < -0.39 is 0 Å². The van der Waals surface area contributed by atoms with Crippen molar-refractivity contribution in [3.05, 3.63) is 33.3 Å². The summed E-state index contributed by atoms with van der Waals surface area (Å²) in [6, 6.07) is 5.97. The number of aromatic nitrogens is 1. The highest BCUT2D eigenvalue weighted by molar-refractivity contribution is 9.10. The minimum atomic E-state index is 0.113. The summed E-state index contributed by atoms with van der Waals surface area (Å²) in [5.41, 5.74) is 2.05. The van der Waals surface area contributed by atoms with Crippen molar-refractivity contribution in [1.29, 1.82) is 0 Å². The van der Waals surface area contributed by atoms with E-state index in [1.54, 1.807) is 7.11 Å². The predicted molar refractivity (Wildman–Crippen MR) is 109 cm³/mol. The number of rotatable bonds is 3. The number of likely N-dealkylation sites (tertiary alicyclic amines) is 1. The van der Waals surface area contributed by atoms with Crippen molar-refractivity contribution in [1.82, 2.24) is 9.88 Å². The van der Waals surface area contributed by atoms with E-state index in [4.69, 9.17) is 21.3 Å². The Kier molecular flexibility index (Phi) is 5.08. The molecule has 136 valence electrons. The number of benzene rings is 1. The van der Waals surface area contributed by atoms with Crippen LogP contribution in [0, 0.1) is 0 Å². The molecule has 1 fully saturated rings. The van der Waals surface area contributed by atoms with E-state index >= 15 is 0 Å². The zero-order chi connectivity index (χ0) is 18.4. The molecule has 1 saturated heterocycles. The van der Waals surface area contributed by atoms with Crippen LogP contribution in [0.25, 0.3) is 10.9 Å². The highest BCUT2D eigenvalue weighted by atomic mass is 79.9. The van der Waals surface area contributed by atoms with E-state index in [0.717, 1.165) is 32.5 Å². The zero-order valence-corrected chi connectivity index (χ0v) is 18.0. The summed E-state index contributed by atoms with van der Waals surface area (Å²) < 4.78 is 6.61. The van der Waals surface area contributed by atoms with Crippen molar-refractivity contribution in [2.45, 2.75) is 64.6 Å². The molecule has 0 radical (unpaired) electrons. The molecular formula is C20H26BrClN2O. The topological polar surface area (TPSA) is 25.4 Å². The van der Waals surface area contributed by atoms with Gasteiger partial charge in [0.05, 0.1) is 17.6 Å². The smallest absolute Gasteiger partial charge is 0.219 e. The Hall–Kier alpha value is -0.840. The summed E-state index contributed by atoms with van der Waals surface area (Å²) in [7, 11) is 1.67. The van der Waals surface area contributed by atoms with Gasteiger partial charge < -0.3 is 4.74 Å². The minimum Gasteiger partial charge on any atom is -0.481 e. The third kappa shape index (κ3) is 3.54. The molecular weight excluding hydrogens is 400 g/mol. The lowest BCUT2D eigenvalue weighted by Gasteiger charge is -2.53. The van der Waals surface area contributed by atoms with Crippen LogP contribution in [0.2, 0.25) is 5.02 Å². The maximum absolute atomic E-state index is 6.84. The van der Waals surface area contributed by atoms with E-state index in [1.807, 2.05) is 18.2 Å². The molecule has 3 nitrogen and oxygen atoms in total. The molecule has 0 saturated carbocycles. The molecule has 25 heavy (non-hydrogen) atoms. The van der Waals surface area contributed by atoms with Crippen molar-refractivity contribution in [2.75, 3.05) is 7.11 Å². The summed E-state index contributed by atoms with van der Waals surface area (Å²) in [5, 5.41) is 1.69. The van der Waals surface area contributed by atoms with Crippen molar-refractivity contribution in [3.8, 4) is 5.88 Å². The molecule has 3 rings (SSSR count). The van der Waals surface area contributed by atoms with Gasteiger partial charge >= 0.3 is 0 Å². The average molecular weight is 426 g/mol. The molecule has 5 heteroatoms. The summed E-state index contributed by atoms with van der Waals surface area (Å²) in [4.78, 5) is 7.26. The molecule has 2 aromatic rings. The fourth-order valence-electron chi connectivity index (χ4n) is 4.15. The number of hydrogen-bond donors (Lipinski definition) is 0. The van der Waals surface area contributed by atoms with Crippen LogP contribution in [0.3, 0.4) is 0 Å². The fraction of sp³-hybridized carbons (Fsp3) is 0.550. The SMILES string of the molecule is COc1nc2ccc(Br)cc2c(Cl)c1CN1C(C)(C)CCCC1(C)C. The fourth-order valence-corrected chi connectivity index (χ4v) is 4.80. The Bertz CT molecular complexity index is 788. The third-order valence-corrected chi connectivity index (χ3v) is 6.41. The largest absolute Gasteiger partial charge is 0.481 e. The number of pyridine rings is 1. The van der Waals surface area contributed by atoms with E-state index in [2.05, 4.69) is 48.5 Å². The lowest BCUT2D eigenvalue weighted by atomic mass is 9.79. The molecule has 1 aliphatic heterocycles. The summed E-state index contributed by atoms with van der Waals surface area (Å²) in [6.07, 6.45) is 3.62. The minimum absolute atomic E-state index is 0.113. The second-order valence-electron chi connectivity index (χ2n) is 8.14. The van der Waals surface area contributed by atoms with Crippen LogP contribution in [0.1, 0.15) is 52.5 Å². The Labute approximate surface area is 163 Å². The maximum atomic E-state index is 6.84. The summed E-state index contributed by atoms with van der Waals surface area (Å²) in [5.74, 6) is 0.622. The Morgan fingerprint density at radius 3 is 2.44 bits per heavy atom. The molecule has 0 aliphatic carbocycles. The van der Waals surface area contributed by atoms with Crippen LogP contribution in [0.4, 0.5) is 0 Å². The number of hydrogen-bond acceptors (Lipinski definition) is 3. The number of methoxy groups -OCH3 is 1. The van der Waals surface area contributed by atoms with E-state index in [-0.39, 0.29) is 11.1 Å². The standard InChI is InChI=1S/C20H26BrClN2O/c1-19(2)9-6-10-20(3,4)24(19)12-15-17(22)14-11-13(21)7-8-16(14)23-18(15)25-5/h7-8,11H,6,9-10,12H2,1-5H3. The van der Waals surface area contributed by atoms with Gasteiger partial charge in [-0.3, -0.25) is 4.90 Å². The van der Waals surface area contributed by atoms with E-state index in [0.29, 0.717) is 5.88 Å². The van der Waals surface area contributed by atoms with Gasteiger partial charge in [0.1, 0.15) is 0 Å². The summed E-state index contributed by atoms with van der Waals surface area (Å²) in [6.45, 7) is 10.0. The zero-order valence-electron chi connectivity index (χ0n) is 15.6. The second-order valence-corrected chi connectivity index (χ2v) is 9.43. The van der Waals surface area contributed by atoms with Gasteiger partial charge in [-0.05, 0) is 65.2 Å². The van der Waals surface area contributed by atoms with Crippen LogP contribution in [0.5, 0.6) is 5.88 Å². The number of nitrogens with zero attached hydrogens (tertiary/aromatic N) is 2. The van der Waals surface area contributed by atoms with Gasteiger partial charge in [-0.25, -0.2) is 4.98 Å². The molecule has 0 bridgehead atoms. The van der Waals surface area contributed by atoms with Crippen molar-refractivity contribution in [3.63, 3.8) is 0 Å². The first-order valence-corrected chi connectivity index (χ1v) is 9.92. The molecule has 0 unspecified atom stereocenters. The Balaban J connectivity index is 2.12. The van der Waals surface area contributed by atoms with Gasteiger partial charge in [0.25, 0.3) is 0 Å². The summed E-state index contributed by atoms with van der Waals surface area (Å²) >= 11 is 10.4. The first-order chi connectivity index (χ1) is 11.7. The lowest BCUT2D eigenvalue weighted by molar-refractivity contribution is -0.0344. The Morgan fingerprint density at radius 1 is 1.20 bits per heavy atom. The van der Waals surface area contributed by atoms with Gasteiger partial charge in [0, 0.05) is 33.0 Å². The molecule has 2 heterocycles. The van der Waals surface area contributed by atoms with Crippen molar-refractivity contribution >= 4 is 38.4 Å². The predicted octanol–water partition coefficient (Wildman–Crippen LogP) is 6.20. The van der Waals surface area contributed by atoms with Gasteiger partial charge in [-0.15, -0.1) is 0 Å².